The van der Waals surface area contributed by atoms with Gasteiger partial charge in [0.2, 0.25) is 5.91 Å². The van der Waals surface area contributed by atoms with Crippen LogP contribution in [0.5, 0.6) is 0 Å². The second-order valence-electron chi connectivity index (χ2n) is 9.55. The first-order valence-corrected chi connectivity index (χ1v) is 12.6. The monoisotopic (exact) mass is 478 g/mol. The number of amides is 2. The number of rotatable bonds is 9. The van der Waals surface area contributed by atoms with Gasteiger partial charge in [0, 0.05) is 19.0 Å². The van der Waals surface area contributed by atoms with E-state index in [4.69, 9.17) is 4.74 Å². The van der Waals surface area contributed by atoms with E-state index < -0.39 is 23.9 Å². The van der Waals surface area contributed by atoms with Crippen molar-refractivity contribution in [2.45, 2.75) is 44.9 Å². The lowest BCUT2D eigenvalue weighted by atomic mass is 9.79. The van der Waals surface area contributed by atoms with Gasteiger partial charge in [0.05, 0.1) is 11.8 Å². The summed E-state index contributed by atoms with van der Waals surface area (Å²) in [5.74, 6) is -1.81. The van der Waals surface area contributed by atoms with Crippen LogP contribution in [-0.4, -0.2) is 42.8 Å². The van der Waals surface area contributed by atoms with Crippen LogP contribution >= 0.6 is 0 Å². The third kappa shape index (κ3) is 5.66. The summed E-state index contributed by atoms with van der Waals surface area (Å²) in [5.41, 5.74) is 4.63. The highest BCUT2D eigenvalue weighted by Crippen LogP contribution is 2.44. The number of carbonyl (C=O) groups excluding carboxylic acids is 2. The highest BCUT2D eigenvalue weighted by atomic mass is 16.5. The molecule has 3 N–H and O–H groups in total. The Balaban J connectivity index is 1.26. The summed E-state index contributed by atoms with van der Waals surface area (Å²) in [6, 6.07) is 16.3. The lowest BCUT2D eigenvalue weighted by molar-refractivity contribution is -0.145. The molecule has 1 saturated carbocycles. The summed E-state index contributed by atoms with van der Waals surface area (Å²) < 4.78 is 5.56. The quantitative estimate of drug-likeness (QED) is 0.490. The van der Waals surface area contributed by atoms with E-state index in [2.05, 4.69) is 34.9 Å². The molecular weight excluding hydrogens is 444 g/mol. The van der Waals surface area contributed by atoms with Gasteiger partial charge in [-0.2, -0.15) is 0 Å². The smallest absolute Gasteiger partial charge is 0.407 e. The summed E-state index contributed by atoms with van der Waals surface area (Å²) >= 11 is 0. The third-order valence-electron chi connectivity index (χ3n) is 7.46. The van der Waals surface area contributed by atoms with Crippen molar-refractivity contribution in [1.29, 1.82) is 0 Å². The van der Waals surface area contributed by atoms with Gasteiger partial charge in [0.15, 0.2) is 0 Å². The predicted molar refractivity (Wildman–Crippen MR) is 133 cm³/mol. The Morgan fingerprint density at radius 1 is 0.971 bits per heavy atom. The number of alkyl carbamates (subject to hydrolysis) is 1. The Hall–Kier alpha value is -3.35. The molecule has 0 radical (unpaired) electrons. The molecule has 3 atom stereocenters. The van der Waals surface area contributed by atoms with Crippen LogP contribution in [0.1, 0.15) is 56.1 Å². The van der Waals surface area contributed by atoms with Crippen molar-refractivity contribution in [3.05, 3.63) is 59.7 Å². The molecule has 0 bridgehead atoms. The fraction of sp³-hybridized carbons (Fsp3) is 0.464. The molecule has 7 heteroatoms. The van der Waals surface area contributed by atoms with Crippen LogP contribution in [0.3, 0.4) is 0 Å². The highest BCUT2D eigenvalue weighted by molar-refractivity contribution is 5.80. The Labute approximate surface area is 206 Å². The number of carboxylic acids is 1. The van der Waals surface area contributed by atoms with E-state index >= 15 is 0 Å². The van der Waals surface area contributed by atoms with Crippen molar-refractivity contribution in [2.75, 3.05) is 19.7 Å². The molecule has 2 aromatic carbocycles. The van der Waals surface area contributed by atoms with Crippen LogP contribution in [0.25, 0.3) is 11.1 Å². The zero-order valence-electron chi connectivity index (χ0n) is 20.2. The normalized spacial score (nSPS) is 19.8. The lowest BCUT2D eigenvalue weighted by Gasteiger charge is -2.29. The fourth-order valence-electron chi connectivity index (χ4n) is 5.43. The molecule has 0 aromatic heterocycles. The van der Waals surface area contributed by atoms with Gasteiger partial charge in [0.25, 0.3) is 0 Å². The van der Waals surface area contributed by atoms with Crippen molar-refractivity contribution >= 4 is 18.0 Å². The second-order valence-corrected chi connectivity index (χ2v) is 9.55. The van der Waals surface area contributed by atoms with Crippen LogP contribution in [0, 0.1) is 17.8 Å². The number of fused-ring (bicyclic) bond motifs is 3. The Morgan fingerprint density at radius 3 is 2.23 bits per heavy atom. The first-order chi connectivity index (χ1) is 17.0. The maximum atomic E-state index is 12.7. The lowest BCUT2D eigenvalue weighted by Crippen LogP contribution is -2.42. The Kier molecular flexibility index (Phi) is 8.06. The van der Waals surface area contributed by atoms with Gasteiger partial charge in [0.1, 0.15) is 6.61 Å². The number of benzene rings is 2. The van der Waals surface area contributed by atoms with Crippen LogP contribution in [-0.2, 0) is 14.3 Å². The summed E-state index contributed by atoms with van der Waals surface area (Å²) in [7, 11) is 0. The molecule has 0 saturated heterocycles. The molecule has 0 heterocycles. The second kappa shape index (κ2) is 11.4. The molecule has 1 fully saturated rings. The first-order valence-electron chi connectivity index (χ1n) is 12.6. The van der Waals surface area contributed by atoms with E-state index in [-0.39, 0.29) is 30.9 Å². The zero-order chi connectivity index (χ0) is 24.8. The number of nitrogens with one attached hydrogen (secondary N) is 2. The number of carbonyl (C=O) groups is 3. The van der Waals surface area contributed by atoms with Crippen LogP contribution < -0.4 is 10.6 Å². The van der Waals surface area contributed by atoms with Crippen molar-refractivity contribution < 1.29 is 24.2 Å². The molecular formula is C28H34N2O5. The van der Waals surface area contributed by atoms with E-state index in [1.807, 2.05) is 31.2 Å². The number of ether oxygens (including phenoxy) is 1. The predicted octanol–water partition coefficient (Wildman–Crippen LogP) is 4.56. The molecule has 0 aliphatic heterocycles. The number of hydrogen-bond donors (Lipinski definition) is 3. The number of aliphatic carboxylic acids is 1. The molecule has 7 nitrogen and oxygen atoms in total. The van der Waals surface area contributed by atoms with E-state index in [0.717, 1.165) is 30.4 Å². The zero-order valence-corrected chi connectivity index (χ0v) is 20.2. The Morgan fingerprint density at radius 2 is 1.60 bits per heavy atom. The van der Waals surface area contributed by atoms with Gasteiger partial charge < -0.3 is 20.5 Å². The minimum absolute atomic E-state index is 0.0175. The van der Waals surface area contributed by atoms with Gasteiger partial charge in [-0.15, -0.1) is 0 Å². The SMILES string of the molecule is CCC(CNC(=O)OCC1c2ccccc2-c2ccccc21)C(=O)NC[C@H]1CCCC[C@H]1C(=O)O. The van der Waals surface area contributed by atoms with E-state index in [9.17, 15) is 19.5 Å². The highest BCUT2D eigenvalue weighted by Gasteiger charge is 2.32. The summed E-state index contributed by atoms with van der Waals surface area (Å²) in [4.78, 5) is 36.7. The van der Waals surface area contributed by atoms with Gasteiger partial charge in [-0.05, 0) is 47.4 Å². The standard InChI is InChI=1S/C28H34N2O5/c1-2-18(26(31)29-16-19-9-3-4-10-20(19)27(32)33)15-30-28(34)35-17-25-23-13-7-5-11-21(23)22-12-6-8-14-24(22)25/h5-8,11-14,18-20,25H,2-4,9-10,15-17H2,1H3,(H,29,31)(H,30,34)(H,32,33)/t18?,19-,20-/m1/s1. The molecule has 2 aliphatic carbocycles. The van der Waals surface area contributed by atoms with Gasteiger partial charge in [-0.3, -0.25) is 9.59 Å². The molecule has 2 aliphatic rings. The van der Waals surface area contributed by atoms with E-state index in [1.54, 1.807) is 0 Å². The van der Waals surface area contributed by atoms with Crippen molar-refractivity contribution in [2.24, 2.45) is 17.8 Å². The third-order valence-corrected chi connectivity index (χ3v) is 7.46. The van der Waals surface area contributed by atoms with Gasteiger partial charge in [-0.1, -0.05) is 68.3 Å². The minimum Gasteiger partial charge on any atom is -0.481 e. The Bertz CT molecular complexity index is 1020. The average Bonchev–Trinajstić information content (AvgIpc) is 3.20. The first kappa shape index (κ1) is 24.8. The maximum absolute atomic E-state index is 12.7. The summed E-state index contributed by atoms with van der Waals surface area (Å²) in [5, 5.41) is 15.1. The molecule has 186 valence electrons. The summed E-state index contributed by atoms with van der Waals surface area (Å²) in [6.07, 6.45) is 3.40. The topological polar surface area (TPSA) is 105 Å². The number of carboxylic acid groups (broad SMARTS) is 1. The van der Waals surface area contributed by atoms with Crippen LogP contribution in [0.15, 0.2) is 48.5 Å². The minimum atomic E-state index is -0.784. The van der Waals surface area contributed by atoms with E-state index in [1.165, 1.54) is 11.1 Å². The molecule has 1 unspecified atom stereocenters. The molecule has 4 rings (SSSR count). The van der Waals surface area contributed by atoms with Crippen molar-refractivity contribution in [3.8, 4) is 11.1 Å². The molecule has 0 spiro atoms. The van der Waals surface area contributed by atoms with Crippen molar-refractivity contribution in [1.82, 2.24) is 10.6 Å². The fourth-order valence-corrected chi connectivity index (χ4v) is 5.43. The largest absolute Gasteiger partial charge is 0.481 e. The van der Waals surface area contributed by atoms with Crippen LogP contribution in [0.4, 0.5) is 4.79 Å². The molecule has 2 aromatic rings. The number of hydrogen-bond acceptors (Lipinski definition) is 4. The summed E-state index contributed by atoms with van der Waals surface area (Å²) in [6.45, 7) is 2.65. The maximum Gasteiger partial charge on any atom is 0.407 e. The molecule has 2 amide bonds. The van der Waals surface area contributed by atoms with Crippen LogP contribution in [0.2, 0.25) is 0 Å². The molecule has 35 heavy (non-hydrogen) atoms. The van der Waals surface area contributed by atoms with Gasteiger partial charge >= 0.3 is 12.1 Å². The average molecular weight is 479 g/mol. The van der Waals surface area contributed by atoms with Crippen molar-refractivity contribution in [3.63, 3.8) is 0 Å². The van der Waals surface area contributed by atoms with Gasteiger partial charge in [-0.25, -0.2) is 4.79 Å². The van der Waals surface area contributed by atoms with E-state index in [0.29, 0.717) is 19.4 Å².